The Morgan fingerprint density at radius 2 is 0.954 bits per heavy atom. The van der Waals surface area contributed by atoms with E-state index in [4.69, 9.17) is 0 Å². The highest BCUT2D eigenvalue weighted by Gasteiger charge is 2.47. The molecule has 9 aromatic carbocycles. The van der Waals surface area contributed by atoms with Gasteiger partial charge in [-0.25, -0.2) is 0 Å². The lowest BCUT2D eigenvalue weighted by atomic mass is 9.61. The fourth-order valence-electron chi connectivity index (χ4n) is 11.5. The lowest BCUT2D eigenvalue weighted by Gasteiger charge is -2.43. The minimum absolute atomic E-state index is 0.0237. The molecule has 2 aliphatic carbocycles. The number of fused-ring (bicyclic) bond motifs is 7. The van der Waals surface area contributed by atoms with E-state index in [-0.39, 0.29) is 10.8 Å². The number of anilines is 3. The van der Waals surface area contributed by atoms with Crippen LogP contribution in [0, 0.1) is 0 Å². The van der Waals surface area contributed by atoms with Gasteiger partial charge < -0.3 is 4.90 Å². The van der Waals surface area contributed by atoms with Crippen molar-refractivity contribution in [1.29, 1.82) is 0 Å². The van der Waals surface area contributed by atoms with Gasteiger partial charge in [0.25, 0.3) is 0 Å². The van der Waals surface area contributed by atoms with E-state index in [1.165, 1.54) is 92.6 Å². The third-order valence-corrected chi connectivity index (χ3v) is 16.0. The number of nitrogens with zero attached hydrogens (tertiary/aromatic N) is 1. The first kappa shape index (κ1) is 39.6. The van der Waals surface area contributed by atoms with E-state index < -0.39 is 5.41 Å². The van der Waals surface area contributed by atoms with Crippen molar-refractivity contribution in [1.82, 2.24) is 0 Å². The molecule has 0 fully saturated rings. The molecule has 65 heavy (non-hydrogen) atoms. The van der Waals surface area contributed by atoms with Crippen molar-refractivity contribution in [3.63, 3.8) is 0 Å². The van der Waals surface area contributed by atoms with Crippen LogP contribution in [0.5, 0.6) is 0 Å². The van der Waals surface area contributed by atoms with Crippen LogP contribution >= 0.6 is 11.3 Å². The van der Waals surface area contributed by atoms with Crippen LogP contribution < -0.4 is 4.90 Å². The van der Waals surface area contributed by atoms with Crippen LogP contribution in [0.15, 0.2) is 212 Å². The number of rotatable bonds is 7. The second-order valence-electron chi connectivity index (χ2n) is 19.5. The van der Waals surface area contributed by atoms with E-state index in [9.17, 15) is 0 Å². The highest BCUT2D eigenvalue weighted by molar-refractivity contribution is 7.25. The Labute approximate surface area is 387 Å². The van der Waals surface area contributed by atoms with Crippen molar-refractivity contribution in [2.45, 2.75) is 56.8 Å². The molecule has 0 spiro atoms. The molecular formula is C63H51NS. The quantitative estimate of drug-likeness (QED) is 0.154. The molecule has 0 amide bonds. The van der Waals surface area contributed by atoms with Crippen LogP contribution in [0.2, 0.25) is 0 Å². The van der Waals surface area contributed by atoms with Gasteiger partial charge in [0.15, 0.2) is 0 Å². The summed E-state index contributed by atoms with van der Waals surface area (Å²) in [6, 6.07) is 80.0. The Kier molecular flexibility index (Phi) is 9.16. The van der Waals surface area contributed by atoms with E-state index in [1.54, 1.807) is 0 Å². The molecule has 1 heterocycles. The van der Waals surface area contributed by atoms with Gasteiger partial charge in [0.2, 0.25) is 0 Å². The summed E-state index contributed by atoms with van der Waals surface area (Å²) in [4.78, 5) is 2.57. The lowest BCUT2D eigenvalue weighted by Crippen LogP contribution is -2.34. The summed E-state index contributed by atoms with van der Waals surface area (Å²) in [5.41, 5.74) is 18.5. The zero-order valence-electron chi connectivity index (χ0n) is 37.5. The summed E-state index contributed by atoms with van der Waals surface area (Å²) in [6.07, 6.45) is 2.29. The predicted molar refractivity (Wildman–Crippen MR) is 277 cm³/mol. The summed E-state index contributed by atoms with van der Waals surface area (Å²) in [5, 5.41) is 2.58. The molecule has 0 saturated heterocycles. The Morgan fingerprint density at radius 3 is 1.69 bits per heavy atom. The molecule has 0 aliphatic heterocycles. The van der Waals surface area contributed by atoms with Crippen molar-refractivity contribution >= 4 is 48.6 Å². The number of thiophene rings is 1. The molecule has 0 N–H and O–H groups in total. The van der Waals surface area contributed by atoms with Gasteiger partial charge in [0.05, 0.1) is 11.1 Å². The first-order chi connectivity index (χ1) is 31.7. The fraction of sp³-hybridized carbons (Fsp3) is 0.143. The van der Waals surface area contributed by atoms with E-state index in [0.717, 1.165) is 24.2 Å². The maximum absolute atomic E-state index is 2.59. The molecule has 10 aromatic rings. The van der Waals surface area contributed by atoms with Crippen LogP contribution in [-0.4, -0.2) is 0 Å². The summed E-state index contributed by atoms with van der Waals surface area (Å²) in [6.45, 7) is 9.83. The van der Waals surface area contributed by atoms with E-state index in [0.29, 0.717) is 0 Å². The van der Waals surface area contributed by atoms with Crippen molar-refractivity contribution in [2.75, 3.05) is 4.90 Å². The zero-order chi connectivity index (χ0) is 43.9. The molecule has 0 saturated carbocycles. The smallest absolute Gasteiger partial charge is 0.0714 e. The van der Waals surface area contributed by atoms with Gasteiger partial charge in [-0.3, -0.25) is 0 Å². The van der Waals surface area contributed by atoms with Gasteiger partial charge in [-0.2, -0.15) is 0 Å². The van der Waals surface area contributed by atoms with Crippen LogP contribution in [0.25, 0.3) is 53.6 Å². The molecule has 0 unspecified atom stereocenters. The van der Waals surface area contributed by atoms with Gasteiger partial charge in [-0.05, 0) is 133 Å². The zero-order valence-corrected chi connectivity index (χ0v) is 38.3. The highest BCUT2D eigenvalue weighted by Crippen LogP contribution is 2.60. The summed E-state index contributed by atoms with van der Waals surface area (Å²) in [5.74, 6) is 0. The summed E-state index contributed by atoms with van der Waals surface area (Å²) in [7, 11) is 0. The van der Waals surface area contributed by atoms with Gasteiger partial charge in [-0.15, -0.1) is 11.3 Å². The number of benzene rings is 9. The first-order valence-corrected chi connectivity index (χ1v) is 23.9. The fourth-order valence-corrected chi connectivity index (χ4v) is 12.6. The predicted octanol–water partition coefficient (Wildman–Crippen LogP) is 17.6. The third kappa shape index (κ3) is 6.18. The average molecular weight is 854 g/mol. The number of hydrogen-bond donors (Lipinski definition) is 0. The summed E-state index contributed by atoms with van der Waals surface area (Å²) < 4.78 is 2.61. The molecule has 2 aliphatic rings. The minimum atomic E-state index is -0.560. The molecule has 314 valence electrons. The van der Waals surface area contributed by atoms with E-state index >= 15 is 0 Å². The Bertz CT molecular complexity index is 3370. The molecule has 1 aromatic heterocycles. The molecule has 0 radical (unpaired) electrons. The molecule has 0 atom stereocenters. The van der Waals surface area contributed by atoms with Gasteiger partial charge in [0.1, 0.15) is 0 Å². The molecule has 0 bridgehead atoms. The maximum Gasteiger partial charge on any atom is 0.0714 e. The Hall–Kier alpha value is -7.00. The Balaban J connectivity index is 1.23. The normalized spacial score (nSPS) is 15.3. The van der Waals surface area contributed by atoms with Gasteiger partial charge in [-0.1, -0.05) is 191 Å². The second-order valence-corrected chi connectivity index (χ2v) is 20.5. The van der Waals surface area contributed by atoms with Crippen molar-refractivity contribution in [3.8, 4) is 33.4 Å². The average Bonchev–Trinajstić information content (AvgIpc) is 3.87. The largest absolute Gasteiger partial charge is 0.310 e. The Morgan fingerprint density at radius 1 is 0.385 bits per heavy atom. The van der Waals surface area contributed by atoms with Crippen LogP contribution in [0.3, 0.4) is 0 Å². The van der Waals surface area contributed by atoms with Crippen molar-refractivity contribution in [3.05, 3.63) is 246 Å². The lowest BCUT2D eigenvalue weighted by molar-refractivity contribution is 0.333. The van der Waals surface area contributed by atoms with Crippen LogP contribution in [0.4, 0.5) is 17.1 Å². The maximum atomic E-state index is 2.59. The van der Waals surface area contributed by atoms with E-state index in [2.05, 4.69) is 245 Å². The standard InChI is InChI=1S/C63H51NS/c1-61(2)37-38-62(3,4)60-50(27-18-29-55(60)61)52-40-51-48-25-14-16-28-54(48)63(44-21-10-6-11-22-44,45-23-12-7-13-24-45)56(51)41-57(52)64(46-33-31-43(32-34-46)42-19-8-5-9-20-42)47-35-36-59-53(39-47)49-26-15-17-30-58(49)65-59/h5-36,39-41H,37-38H2,1-4H3. The highest BCUT2D eigenvalue weighted by atomic mass is 32.1. The molecule has 2 heteroatoms. The molecule has 1 nitrogen and oxygen atoms in total. The monoisotopic (exact) mass is 853 g/mol. The topological polar surface area (TPSA) is 3.24 Å². The molecule has 12 rings (SSSR count). The first-order valence-electron chi connectivity index (χ1n) is 23.1. The molecular weight excluding hydrogens is 803 g/mol. The van der Waals surface area contributed by atoms with Crippen LogP contribution in [0.1, 0.15) is 73.9 Å². The van der Waals surface area contributed by atoms with Gasteiger partial charge in [0, 0.05) is 37.1 Å². The SMILES string of the molecule is CC1(C)CCC(C)(C)c2c(-c3cc4c(cc3N(c3ccc(-c5ccccc5)cc3)c3ccc5sc6ccccc6c5c3)C(c3ccccc3)(c3ccccc3)c3ccccc3-4)cccc21. The third-order valence-electron chi connectivity index (χ3n) is 14.8. The van der Waals surface area contributed by atoms with Gasteiger partial charge >= 0.3 is 0 Å². The van der Waals surface area contributed by atoms with Crippen molar-refractivity contribution < 1.29 is 0 Å². The van der Waals surface area contributed by atoms with Crippen LogP contribution in [-0.2, 0) is 16.2 Å². The number of hydrogen-bond acceptors (Lipinski definition) is 2. The second kappa shape index (κ2) is 15.0. The summed E-state index contributed by atoms with van der Waals surface area (Å²) >= 11 is 1.87. The van der Waals surface area contributed by atoms with Crippen molar-refractivity contribution in [2.24, 2.45) is 0 Å². The van der Waals surface area contributed by atoms with E-state index in [1.807, 2.05) is 11.3 Å². The minimum Gasteiger partial charge on any atom is -0.310 e.